The maximum Gasteiger partial charge on any atom is 0.265 e. The van der Waals surface area contributed by atoms with Crippen LogP contribution in [0.3, 0.4) is 0 Å². The molecule has 3 rings (SSSR count). The van der Waals surface area contributed by atoms with Gasteiger partial charge in [0.25, 0.3) is 5.91 Å². The molecule has 1 fully saturated rings. The van der Waals surface area contributed by atoms with Crippen LogP contribution in [0.5, 0.6) is 0 Å². The zero-order valence-corrected chi connectivity index (χ0v) is 14.0. The first kappa shape index (κ1) is 16.1. The van der Waals surface area contributed by atoms with Crippen LogP contribution in [-0.4, -0.2) is 42.1 Å². The summed E-state index contributed by atoms with van der Waals surface area (Å²) in [6, 6.07) is 6.18. The summed E-state index contributed by atoms with van der Waals surface area (Å²) < 4.78 is 18.4. The quantitative estimate of drug-likeness (QED) is 0.863. The lowest BCUT2D eigenvalue weighted by molar-refractivity contribution is 0.0271. The Morgan fingerprint density at radius 1 is 1.39 bits per heavy atom. The van der Waals surface area contributed by atoms with Gasteiger partial charge in [-0.1, -0.05) is 0 Å². The molecule has 0 aliphatic carbocycles. The van der Waals surface area contributed by atoms with E-state index in [0.717, 1.165) is 35.7 Å². The van der Waals surface area contributed by atoms with Crippen molar-refractivity contribution in [2.45, 2.75) is 25.9 Å². The van der Waals surface area contributed by atoms with Gasteiger partial charge in [-0.15, -0.1) is 11.3 Å². The van der Waals surface area contributed by atoms with E-state index < -0.39 is 0 Å². The van der Waals surface area contributed by atoms with E-state index in [1.54, 1.807) is 19.2 Å². The number of aryl methyl sites for hydroxylation is 1. The number of piperidine rings is 1. The number of hydrogen-bond donors (Lipinski definition) is 0. The van der Waals surface area contributed by atoms with E-state index >= 15 is 0 Å². The molecule has 122 valence electrons. The zero-order chi connectivity index (χ0) is 16.4. The van der Waals surface area contributed by atoms with Crippen molar-refractivity contribution in [3.63, 3.8) is 0 Å². The fourth-order valence-corrected chi connectivity index (χ4v) is 3.81. The van der Waals surface area contributed by atoms with Gasteiger partial charge < -0.3 is 9.64 Å². The molecule has 4 nitrogen and oxygen atoms in total. The Balaban J connectivity index is 1.83. The van der Waals surface area contributed by atoms with Crippen LogP contribution in [0, 0.1) is 12.7 Å². The number of halogens is 1. The fourth-order valence-electron chi connectivity index (χ4n) is 2.77. The van der Waals surface area contributed by atoms with Crippen LogP contribution in [0.4, 0.5) is 4.39 Å². The third-order valence-electron chi connectivity index (χ3n) is 4.08. The molecule has 1 aliphatic heterocycles. The molecule has 1 unspecified atom stereocenters. The van der Waals surface area contributed by atoms with Crippen LogP contribution >= 0.6 is 11.3 Å². The second kappa shape index (κ2) is 6.76. The summed E-state index contributed by atoms with van der Waals surface area (Å²) in [6.45, 7) is 3.22. The van der Waals surface area contributed by atoms with E-state index in [9.17, 15) is 9.18 Å². The van der Waals surface area contributed by atoms with Gasteiger partial charge in [0.15, 0.2) is 0 Å². The van der Waals surface area contributed by atoms with Crippen molar-refractivity contribution in [3.8, 4) is 10.6 Å². The summed E-state index contributed by atoms with van der Waals surface area (Å²) >= 11 is 1.36. The van der Waals surface area contributed by atoms with Gasteiger partial charge in [0.05, 0.1) is 11.8 Å². The number of carbonyl (C=O) groups is 1. The molecule has 1 atom stereocenters. The number of likely N-dealkylation sites (tertiary alicyclic amines) is 1. The number of rotatable bonds is 3. The van der Waals surface area contributed by atoms with Crippen LogP contribution in [0.1, 0.15) is 28.2 Å². The molecule has 0 spiro atoms. The molecule has 0 bridgehead atoms. The van der Waals surface area contributed by atoms with Crippen molar-refractivity contribution in [1.29, 1.82) is 0 Å². The number of hydrogen-bond acceptors (Lipinski definition) is 4. The predicted molar refractivity (Wildman–Crippen MR) is 88.2 cm³/mol. The van der Waals surface area contributed by atoms with E-state index in [4.69, 9.17) is 4.74 Å². The van der Waals surface area contributed by atoms with Gasteiger partial charge in [0.1, 0.15) is 15.7 Å². The molecule has 2 heterocycles. The molecule has 1 saturated heterocycles. The number of nitrogens with zero attached hydrogens (tertiary/aromatic N) is 2. The Morgan fingerprint density at radius 2 is 2.13 bits per heavy atom. The van der Waals surface area contributed by atoms with E-state index in [1.807, 2.05) is 11.8 Å². The number of amides is 1. The highest BCUT2D eigenvalue weighted by molar-refractivity contribution is 7.17. The number of carbonyl (C=O) groups excluding carboxylic acids is 1. The standard InChI is InChI=1S/C17H19FN2O2S/c1-11-15(17(21)20-9-3-4-14(10-20)22-2)23-16(19-11)12-5-7-13(18)8-6-12/h5-8,14H,3-4,9-10H2,1-2H3. The predicted octanol–water partition coefficient (Wildman–Crippen LogP) is 3.51. The minimum absolute atomic E-state index is 0.00936. The lowest BCUT2D eigenvalue weighted by atomic mass is 10.1. The topological polar surface area (TPSA) is 42.4 Å². The molecule has 1 aromatic carbocycles. The average Bonchev–Trinajstić information content (AvgIpc) is 2.96. The molecule has 23 heavy (non-hydrogen) atoms. The molecule has 1 amide bonds. The summed E-state index contributed by atoms with van der Waals surface area (Å²) in [6.07, 6.45) is 2.05. The summed E-state index contributed by atoms with van der Waals surface area (Å²) in [5.74, 6) is -0.271. The van der Waals surface area contributed by atoms with Crippen LogP contribution < -0.4 is 0 Å². The average molecular weight is 334 g/mol. The van der Waals surface area contributed by atoms with Crippen molar-refractivity contribution >= 4 is 17.2 Å². The number of methoxy groups -OCH3 is 1. The second-order valence-electron chi connectivity index (χ2n) is 5.69. The number of aromatic nitrogens is 1. The monoisotopic (exact) mass is 334 g/mol. The Labute approximate surface area is 138 Å². The van der Waals surface area contributed by atoms with E-state index in [-0.39, 0.29) is 17.8 Å². The highest BCUT2D eigenvalue weighted by Gasteiger charge is 2.27. The third kappa shape index (κ3) is 3.43. The van der Waals surface area contributed by atoms with Crippen LogP contribution in [-0.2, 0) is 4.74 Å². The van der Waals surface area contributed by atoms with Crippen LogP contribution in [0.15, 0.2) is 24.3 Å². The Morgan fingerprint density at radius 3 is 2.83 bits per heavy atom. The minimum Gasteiger partial charge on any atom is -0.380 e. The van der Waals surface area contributed by atoms with Crippen molar-refractivity contribution in [3.05, 3.63) is 40.7 Å². The van der Waals surface area contributed by atoms with E-state index in [2.05, 4.69) is 4.98 Å². The summed E-state index contributed by atoms with van der Waals surface area (Å²) in [5, 5.41) is 0.742. The second-order valence-corrected chi connectivity index (χ2v) is 6.69. The van der Waals surface area contributed by atoms with Gasteiger partial charge in [-0.05, 0) is 44.0 Å². The van der Waals surface area contributed by atoms with Crippen molar-refractivity contribution in [2.24, 2.45) is 0 Å². The number of thiazole rings is 1. The molecule has 6 heteroatoms. The first-order valence-electron chi connectivity index (χ1n) is 7.64. The molecular weight excluding hydrogens is 315 g/mol. The van der Waals surface area contributed by atoms with Gasteiger partial charge in [0.2, 0.25) is 0 Å². The molecule has 2 aromatic rings. The normalized spacial score (nSPS) is 18.2. The maximum atomic E-state index is 13.0. The largest absolute Gasteiger partial charge is 0.380 e. The lowest BCUT2D eigenvalue weighted by Gasteiger charge is -2.31. The van der Waals surface area contributed by atoms with Gasteiger partial charge in [-0.2, -0.15) is 0 Å². The number of benzene rings is 1. The maximum absolute atomic E-state index is 13.0. The summed E-state index contributed by atoms with van der Waals surface area (Å²) in [5.41, 5.74) is 1.55. The summed E-state index contributed by atoms with van der Waals surface area (Å²) in [7, 11) is 1.68. The van der Waals surface area contributed by atoms with Crippen molar-refractivity contribution in [1.82, 2.24) is 9.88 Å². The van der Waals surface area contributed by atoms with E-state index in [0.29, 0.717) is 11.4 Å². The van der Waals surface area contributed by atoms with E-state index in [1.165, 1.54) is 23.5 Å². The Bertz CT molecular complexity index is 699. The molecule has 0 radical (unpaired) electrons. The van der Waals surface area contributed by atoms with Crippen molar-refractivity contribution in [2.75, 3.05) is 20.2 Å². The van der Waals surface area contributed by atoms with Gasteiger partial charge in [-0.3, -0.25) is 4.79 Å². The fraction of sp³-hybridized carbons (Fsp3) is 0.412. The molecule has 1 aliphatic rings. The molecule has 0 saturated carbocycles. The summed E-state index contributed by atoms with van der Waals surface area (Å²) in [4.78, 5) is 19.7. The van der Waals surface area contributed by atoms with Crippen LogP contribution in [0.2, 0.25) is 0 Å². The van der Waals surface area contributed by atoms with Gasteiger partial charge >= 0.3 is 0 Å². The molecule has 0 N–H and O–H groups in total. The SMILES string of the molecule is COC1CCCN(C(=O)c2sc(-c3ccc(F)cc3)nc2C)C1. The molecular formula is C17H19FN2O2S. The highest BCUT2D eigenvalue weighted by atomic mass is 32.1. The van der Waals surface area contributed by atoms with Gasteiger partial charge in [0, 0.05) is 25.8 Å². The lowest BCUT2D eigenvalue weighted by Crippen LogP contribution is -2.42. The smallest absolute Gasteiger partial charge is 0.265 e. The molecule has 1 aromatic heterocycles. The van der Waals surface area contributed by atoms with Gasteiger partial charge in [-0.25, -0.2) is 9.37 Å². The highest BCUT2D eigenvalue weighted by Crippen LogP contribution is 2.29. The van der Waals surface area contributed by atoms with Crippen LogP contribution in [0.25, 0.3) is 10.6 Å². The first-order chi connectivity index (χ1) is 11.1. The van der Waals surface area contributed by atoms with Crippen molar-refractivity contribution < 1.29 is 13.9 Å². The minimum atomic E-state index is -0.280. The third-order valence-corrected chi connectivity index (χ3v) is 5.28. The zero-order valence-electron chi connectivity index (χ0n) is 13.2. The Hall–Kier alpha value is -1.79. The Kier molecular flexibility index (Phi) is 4.73. The first-order valence-corrected chi connectivity index (χ1v) is 8.45. The number of ether oxygens (including phenoxy) is 1.